The minimum Gasteiger partial charge on any atom is -0.484 e. The molecule has 0 saturated carbocycles. The molecular weight excluding hydrogens is 382 g/mol. The van der Waals surface area contributed by atoms with Crippen LogP contribution in [0.5, 0.6) is 11.6 Å². The molecular formula is C23H29N3O4. The molecule has 3 rings (SSSR count). The van der Waals surface area contributed by atoms with Crippen LogP contribution in [0.25, 0.3) is 0 Å². The molecule has 1 aliphatic heterocycles. The molecule has 160 valence electrons. The van der Waals surface area contributed by atoms with Gasteiger partial charge in [0.25, 0.3) is 5.91 Å². The summed E-state index contributed by atoms with van der Waals surface area (Å²) in [6.07, 6.45) is 2.98. The summed E-state index contributed by atoms with van der Waals surface area (Å²) in [4.78, 5) is 31.0. The average molecular weight is 412 g/mol. The number of piperidine rings is 1. The zero-order chi connectivity index (χ0) is 21.3. The number of para-hydroxylation sites is 1. The van der Waals surface area contributed by atoms with Crippen LogP contribution in [0, 0.1) is 5.92 Å². The molecule has 0 spiro atoms. The van der Waals surface area contributed by atoms with E-state index in [0.29, 0.717) is 44.1 Å². The fraction of sp³-hybridized carbons (Fsp3) is 0.435. The molecule has 0 aliphatic carbocycles. The number of likely N-dealkylation sites (tertiary alicyclic amines) is 1. The summed E-state index contributed by atoms with van der Waals surface area (Å²) in [7, 11) is 0. The van der Waals surface area contributed by atoms with Gasteiger partial charge in [-0.05, 0) is 44.9 Å². The number of carbonyl (C=O) groups excluding carboxylic acids is 2. The Morgan fingerprint density at radius 2 is 1.87 bits per heavy atom. The van der Waals surface area contributed by atoms with Crippen LogP contribution in [0.3, 0.4) is 0 Å². The topological polar surface area (TPSA) is 80.8 Å². The van der Waals surface area contributed by atoms with Gasteiger partial charge in [0.15, 0.2) is 6.61 Å². The quantitative estimate of drug-likeness (QED) is 0.722. The number of ether oxygens (including phenoxy) is 2. The summed E-state index contributed by atoms with van der Waals surface area (Å²) < 4.78 is 11.2. The SMILES string of the molecule is CC(C)Oc1ncccc1CNC(=O)C1CCN(C(=O)COc2ccccc2)CC1. The van der Waals surface area contributed by atoms with Crippen molar-refractivity contribution >= 4 is 11.8 Å². The first-order valence-corrected chi connectivity index (χ1v) is 10.4. The van der Waals surface area contributed by atoms with E-state index in [1.54, 1.807) is 11.1 Å². The third-order valence-electron chi connectivity index (χ3n) is 4.97. The molecule has 0 bridgehead atoms. The molecule has 2 aromatic rings. The Balaban J connectivity index is 1.42. The molecule has 2 amide bonds. The van der Waals surface area contributed by atoms with Gasteiger partial charge in [-0.3, -0.25) is 9.59 Å². The summed E-state index contributed by atoms with van der Waals surface area (Å²) in [5.41, 5.74) is 0.852. The van der Waals surface area contributed by atoms with Gasteiger partial charge in [-0.15, -0.1) is 0 Å². The number of amides is 2. The van der Waals surface area contributed by atoms with Crippen molar-refractivity contribution in [2.24, 2.45) is 5.92 Å². The molecule has 1 aromatic carbocycles. The highest BCUT2D eigenvalue weighted by Gasteiger charge is 2.27. The second-order valence-electron chi connectivity index (χ2n) is 7.61. The van der Waals surface area contributed by atoms with E-state index in [-0.39, 0.29) is 30.4 Å². The number of carbonyl (C=O) groups is 2. The molecule has 1 fully saturated rings. The van der Waals surface area contributed by atoms with Crippen molar-refractivity contribution in [1.29, 1.82) is 0 Å². The number of hydrogen-bond acceptors (Lipinski definition) is 5. The molecule has 1 saturated heterocycles. The van der Waals surface area contributed by atoms with Crippen LogP contribution in [0.2, 0.25) is 0 Å². The van der Waals surface area contributed by atoms with Crippen molar-refractivity contribution in [2.45, 2.75) is 39.3 Å². The minimum absolute atomic E-state index is 0.00184. The zero-order valence-corrected chi connectivity index (χ0v) is 17.5. The highest BCUT2D eigenvalue weighted by molar-refractivity contribution is 5.80. The van der Waals surface area contributed by atoms with Gasteiger partial charge in [0.05, 0.1) is 6.10 Å². The van der Waals surface area contributed by atoms with E-state index in [1.165, 1.54) is 0 Å². The van der Waals surface area contributed by atoms with E-state index in [2.05, 4.69) is 10.3 Å². The van der Waals surface area contributed by atoms with Crippen molar-refractivity contribution in [2.75, 3.05) is 19.7 Å². The summed E-state index contributed by atoms with van der Waals surface area (Å²) in [6.45, 7) is 5.39. The molecule has 0 atom stereocenters. The first-order valence-electron chi connectivity index (χ1n) is 10.4. The van der Waals surface area contributed by atoms with E-state index in [1.807, 2.05) is 56.3 Å². The van der Waals surface area contributed by atoms with Crippen LogP contribution >= 0.6 is 0 Å². The second kappa shape index (κ2) is 10.6. The zero-order valence-electron chi connectivity index (χ0n) is 17.5. The van der Waals surface area contributed by atoms with Crippen LogP contribution in [0.15, 0.2) is 48.7 Å². The van der Waals surface area contributed by atoms with Gasteiger partial charge in [0.2, 0.25) is 11.8 Å². The number of rotatable bonds is 8. The maximum atomic E-state index is 12.6. The molecule has 0 unspecified atom stereocenters. The second-order valence-corrected chi connectivity index (χ2v) is 7.61. The van der Waals surface area contributed by atoms with Crippen molar-refractivity contribution in [3.05, 3.63) is 54.2 Å². The first kappa shape index (κ1) is 21.6. The number of hydrogen-bond donors (Lipinski definition) is 1. The smallest absolute Gasteiger partial charge is 0.260 e. The molecule has 30 heavy (non-hydrogen) atoms. The maximum Gasteiger partial charge on any atom is 0.260 e. The van der Waals surface area contributed by atoms with Gasteiger partial charge in [-0.25, -0.2) is 4.98 Å². The maximum absolute atomic E-state index is 12.6. The molecule has 0 radical (unpaired) electrons. The molecule has 7 heteroatoms. The lowest BCUT2D eigenvalue weighted by Crippen LogP contribution is -2.44. The summed E-state index contributed by atoms with van der Waals surface area (Å²) in [6, 6.07) is 13.0. The third kappa shape index (κ3) is 6.20. The van der Waals surface area contributed by atoms with Crippen molar-refractivity contribution in [3.63, 3.8) is 0 Å². The molecule has 2 heterocycles. The largest absolute Gasteiger partial charge is 0.484 e. The van der Waals surface area contributed by atoms with E-state index >= 15 is 0 Å². The number of nitrogens with zero attached hydrogens (tertiary/aromatic N) is 2. The van der Waals surface area contributed by atoms with Crippen LogP contribution in [-0.2, 0) is 16.1 Å². The molecule has 1 aliphatic rings. The Hall–Kier alpha value is -3.09. The number of aromatic nitrogens is 1. The van der Waals surface area contributed by atoms with Gasteiger partial charge >= 0.3 is 0 Å². The fourth-order valence-corrected chi connectivity index (χ4v) is 3.36. The Morgan fingerprint density at radius 3 is 2.57 bits per heavy atom. The lowest BCUT2D eigenvalue weighted by molar-refractivity contribution is -0.137. The highest BCUT2D eigenvalue weighted by Crippen LogP contribution is 2.20. The lowest BCUT2D eigenvalue weighted by atomic mass is 9.96. The van der Waals surface area contributed by atoms with Gasteiger partial charge in [-0.2, -0.15) is 0 Å². The molecule has 1 N–H and O–H groups in total. The fourth-order valence-electron chi connectivity index (χ4n) is 3.36. The Bertz CT molecular complexity index is 833. The molecule has 7 nitrogen and oxygen atoms in total. The summed E-state index contributed by atoms with van der Waals surface area (Å²) in [5.74, 6) is 1.07. The van der Waals surface area contributed by atoms with Crippen molar-refractivity contribution < 1.29 is 19.1 Å². The van der Waals surface area contributed by atoms with Crippen LogP contribution in [0.4, 0.5) is 0 Å². The van der Waals surface area contributed by atoms with E-state index < -0.39 is 0 Å². The summed E-state index contributed by atoms with van der Waals surface area (Å²) in [5, 5.41) is 2.99. The average Bonchev–Trinajstić information content (AvgIpc) is 2.77. The van der Waals surface area contributed by atoms with E-state index in [9.17, 15) is 9.59 Å². The predicted octanol–water partition coefficient (Wildman–Crippen LogP) is 2.80. The van der Waals surface area contributed by atoms with Crippen molar-refractivity contribution in [1.82, 2.24) is 15.2 Å². The highest BCUT2D eigenvalue weighted by atomic mass is 16.5. The lowest BCUT2D eigenvalue weighted by Gasteiger charge is -2.31. The molecule has 1 aromatic heterocycles. The van der Waals surface area contributed by atoms with E-state index in [0.717, 1.165) is 5.56 Å². The Labute approximate surface area is 177 Å². The standard InChI is InChI=1S/C23H29N3O4/c1-17(2)30-23-19(7-6-12-24-23)15-25-22(28)18-10-13-26(14-11-18)21(27)16-29-20-8-4-3-5-9-20/h3-9,12,17-18H,10-11,13-16H2,1-2H3,(H,25,28). The normalized spacial score (nSPS) is 14.4. The minimum atomic E-state index is -0.102. The number of nitrogens with one attached hydrogen (secondary N) is 1. The predicted molar refractivity (Wildman–Crippen MR) is 113 cm³/mol. The first-order chi connectivity index (χ1) is 14.5. The Morgan fingerprint density at radius 1 is 1.13 bits per heavy atom. The number of pyridine rings is 1. The van der Waals surface area contributed by atoms with Gasteiger partial charge in [-0.1, -0.05) is 24.3 Å². The summed E-state index contributed by atoms with van der Waals surface area (Å²) >= 11 is 0. The van der Waals surface area contributed by atoms with Crippen LogP contribution in [-0.4, -0.2) is 47.5 Å². The van der Waals surface area contributed by atoms with Gasteiger partial charge < -0.3 is 19.7 Å². The third-order valence-corrected chi connectivity index (χ3v) is 4.97. The van der Waals surface area contributed by atoms with Gasteiger partial charge in [0.1, 0.15) is 5.75 Å². The monoisotopic (exact) mass is 411 g/mol. The number of benzene rings is 1. The Kier molecular flexibility index (Phi) is 7.65. The van der Waals surface area contributed by atoms with Crippen molar-refractivity contribution in [3.8, 4) is 11.6 Å². The van der Waals surface area contributed by atoms with Crippen LogP contribution in [0.1, 0.15) is 32.3 Å². The van der Waals surface area contributed by atoms with Crippen LogP contribution < -0.4 is 14.8 Å². The van der Waals surface area contributed by atoms with Gasteiger partial charge in [0, 0.05) is 37.3 Å². The van der Waals surface area contributed by atoms with E-state index in [4.69, 9.17) is 9.47 Å².